The number of carbonyl (C=O) groups is 6. The molecule has 3 aromatic rings. The van der Waals surface area contributed by atoms with E-state index in [0.717, 1.165) is 10.9 Å². The number of amides is 5. The highest BCUT2D eigenvalue weighted by Crippen LogP contribution is 2.19. The van der Waals surface area contributed by atoms with Crippen LogP contribution in [0.4, 0.5) is 0 Å². The lowest BCUT2D eigenvalue weighted by molar-refractivity contribution is -0.142. The average molecular weight is 740 g/mol. The smallest absolute Gasteiger partial charge is 0.326 e. The monoisotopic (exact) mass is 739 g/mol. The second kappa shape index (κ2) is 19.4. The molecule has 0 aliphatic heterocycles. The number of hydrogen-bond acceptors (Lipinski definition) is 10. The summed E-state index contributed by atoms with van der Waals surface area (Å²) in [7, 11) is 0. The number of nitrogens with one attached hydrogen (secondary N) is 6. The molecule has 288 valence electrons. The van der Waals surface area contributed by atoms with Crippen LogP contribution in [0.25, 0.3) is 10.9 Å². The van der Waals surface area contributed by atoms with Crippen molar-refractivity contribution in [3.8, 4) is 5.75 Å². The van der Waals surface area contributed by atoms with Crippen LogP contribution in [0.5, 0.6) is 5.75 Å². The summed E-state index contributed by atoms with van der Waals surface area (Å²) >= 11 is 0. The number of aliphatic hydroxyl groups excluding tert-OH is 2. The number of rotatable bonds is 19. The van der Waals surface area contributed by atoms with Gasteiger partial charge in [0.05, 0.1) is 12.7 Å². The molecule has 3 rings (SSSR count). The first-order valence-electron chi connectivity index (χ1n) is 17.2. The number of aromatic nitrogens is 1. The van der Waals surface area contributed by atoms with Crippen molar-refractivity contribution >= 4 is 46.4 Å². The third-order valence-corrected chi connectivity index (χ3v) is 8.91. The largest absolute Gasteiger partial charge is 0.508 e. The van der Waals surface area contributed by atoms with Gasteiger partial charge in [0, 0.05) is 29.9 Å². The Hall–Kier alpha value is -5.52. The van der Waals surface area contributed by atoms with E-state index in [1.54, 1.807) is 32.2 Å². The first-order valence-corrected chi connectivity index (χ1v) is 17.2. The van der Waals surface area contributed by atoms with Gasteiger partial charge in [-0.2, -0.15) is 0 Å². The Balaban J connectivity index is 1.69. The van der Waals surface area contributed by atoms with Crippen LogP contribution in [0.3, 0.4) is 0 Å². The summed E-state index contributed by atoms with van der Waals surface area (Å²) in [4.78, 5) is 81.1. The normalized spacial score (nSPS) is 15.8. The minimum absolute atomic E-state index is 0.0167. The van der Waals surface area contributed by atoms with Crippen LogP contribution in [-0.4, -0.2) is 110 Å². The van der Waals surface area contributed by atoms with Gasteiger partial charge < -0.3 is 57.7 Å². The van der Waals surface area contributed by atoms with Crippen molar-refractivity contribution in [2.24, 2.45) is 11.7 Å². The van der Waals surface area contributed by atoms with Gasteiger partial charge in [0.25, 0.3) is 0 Å². The summed E-state index contributed by atoms with van der Waals surface area (Å²) in [6.45, 7) is 5.21. The van der Waals surface area contributed by atoms with Crippen molar-refractivity contribution in [3.63, 3.8) is 0 Å². The maximum atomic E-state index is 13.5. The Labute approximate surface area is 306 Å². The van der Waals surface area contributed by atoms with Crippen molar-refractivity contribution < 1.29 is 49.2 Å². The summed E-state index contributed by atoms with van der Waals surface area (Å²) in [5, 5.41) is 52.3. The Morgan fingerprint density at radius 2 is 1.36 bits per heavy atom. The van der Waals surface area contributed by atoms with E-state index in [1.807, 2.05) is 12.1 Å². The SMILES string of the molecule is CC[C@H](C)[C@H](NC(=O)[C@H](C)NC(=O)[C@H](Cc1ccc(O)cc1)NC(=O)[C@@H](N)[C@@H](C)O)C(=O)N[C@@H](CO)C(=O)N[C@@H](Cc1c[nH]c2ccccc12)C(=O)O. The Morgan fingerprint density at radius 3 is 1.96 bits per heavy atom. The zero-order chi connectivity index (χ0) is 39.4. The molecule has 0 bridgehead atoms. The molecule has 0 radical (unpaired) electrons. The Bertz CT molecular complexity index is 1750. The quantitative estimate of drug-likeness (QED) is 0.0704. The average Bonchev–Trinajstić information content (AvgIpc) is 3.54. The van der Waals surface area contributed by atoms with Gasteiger partial charge in [-0.3, -0.25) is 24.0 Å². The number of phenolic OH excluding ortho intramolecular Hbond substituents is 1. The number of fused-ring (bicyclic) bond motifs is 1. The van der Waals surface area contributed by atoms with E-state index in [4.69, 9.17) is 5.73 Å². The minimum atomic E-state index is -1.56. The van der Waals surface area contributed by atoms with Crippen molar-refractivity contribution in [3.05, 3.63) is 65.9 Å². The first-order chi connectivity index (χ1) is 25.1. The summed E-state index contributed by atoms with van der Waals surface area (Å²) in [5.41, 5.74) is 7.71. The number of hydrogen-bond donors (Lipinski definition) is 11. The molecule has 8 atom stereocenters. The minimum Gasteiger partial charge on any atom is -0.508 e. The van der Waals surface area contributed by atoms with Gasteiger partial charge in [-0.25, -0.2) is 4.79 Å². The highest BCUT2D eigenvalue weighted by Gasteiger charge is 2.34. The molecule has 1 heterocycles. The van der Waals surface area contributed by atoms with E-state index < -0.39 is 90.4 Å². The van der Waals surface area contributed by atoms with E-state index in [1.165, 1.54) is 38.1 Å². The van der Waals surface area contributed by atoms with Gasteiger partial charge in [0.15, 0.2) is 0 Å². The van der Waals surface area contributed by atoms with Gasteiger partial charge in [-0.15, -0.1) is 0 Å². The molecule has 0 saturated carbocycles. The molecular weight excluding hydrogens is 690 g/mol. The van der Waals surface area contributed by atoms with Crippen LogP contribution in [0.2, 0.25) is 0 Å². The maximum absolute atomic E-state index is 13.5. The van der Waals surface area contributed by atoms with Gasteiger partial charge in [-0.1, -0.05) is 50.6 Å². The van der Waals surface area contributed by atoms with Crippen LogP contribution >= 0.6 is 0 Å². The fourth-order valence-corrected chi connectivity index (χ4v) is 5.37. The number of H-pyrrole nitrogens is 1. The number of aromatic hydroxyl groups is 1. The van der Waals surface area contributed by atoms with E-state index >= 15 is 0 Å². The molecule has 53 heavy (non-hydrogen) atoms. The van der Waals surface area contributed by atoms with Crippen molar-refractivity contribution in [1.82, 2.24) is 31.6 Å². The molecule has 2 aromatic carbocycles. The van der Waals surface area contributed by atoms with Gasteiger partial charge >= 0.3 is 5.97 Å². The maximum Gasteiger partial charge on any atom is 0.326 e. The van der Waals surface area contributed by atoms with Gasteiger partial charge in [0.2, 0.25) is 29.5 Å². The molecular formula is C36H49N7O10. The zero-order valence-corrected chi connectivity index (χ0v) is 30.0. The summed E-state index contributed by atoms with van der Waals surface area (Å²) in [6, 6.07) is 5.03. The number of benzene rings is 2. The number of carboxylic acid groups (broad SMARTS) is 1. The molecule has 0 saturated heterocycles. The third-order valence-electron chi connectivity index (χ3n) is 8.91. The number of aromatic amines is 1. The topological polar surface area (TPSA) is 285 Å². The lowest BCUT2D eigenvalue weighted by Crippen LogP contribution is -2.61. The van der Waals surface area contributed by atoms with Crippen molar-refractivity contribution in [2.75, 3.05) is 6.61 Å². The zero-order valence-electron chi connectivity index (χ0n) is 30.0. The van der Waals surface area contributed by atoms with Crippen LogP contribution in [0, 0.1) is 5.92 Å². The van der Waals surface area contributed by atoms with Crippen LogP contribution in [-0.2, 0) is 41.6 Å². The molecule has 17 heteroatoms. The second-order valence-corrected chi connectivity index (χ2v) is 13.0. The number of carbonyl (C=O) groups excluding carboxylic acids is 5. The highest BCUT2D eigenvalue weighted by atomic mass is 16.4. The van der Waals surface area contributed by atoms with Crippen molar-refractivity contribution in [2.45, 2.75) is 89.3 Å². The number of para-hydroxylation sites is 1. The lowest BCUT2D eigenvalue weighted by atomic mass is 9.97. The molecule has 17 nitrogen and oxygen atoms in total. The second-order valence-electron chi connectivity index (χ2n) is 13.0. The van der Waals surface area contributed by atoms with Crippen molar-refractivity contribution in [1.29, 1.82) is 0 Å². The van der Waals surface area contributed by atoms with Crippen LogP contribution in [0.15, 0.2) is 54.7 Å². The molecule has 5 amide bonds. The molecule has 12 N–H and O–H groups in total. The molecule has 1 aromatic heterocycles. The van der Waals surface area contributed by atoms with Gasteiger partial charge in [-0.05, 0) is 49.1 Å². The fraction of sp³-hybridized carbons (Fsp3) is 0.444. The number of aliphatic hydroxyl groups is 2. The molecule has 0 fully saturated rings. The Kier molecular flexibility index (Phi) is 15.3. The number of phenols is 1. The third kappa shape index (κ3) is 11.7. The van der Waals surface area contributed by atoms with E-state index in [2.05, 4.69) is 31.6 Å². The number of aliphatic carboxylic acids is 1. The molecule has 0 spiro atoms. The standard InChI is InChI=1S/C36H49N7O10/c1-5-18(2)30(35(51)42-28(17-44)33(49)41-27(36(52)53)15-22-16-38-25-9-7-6-8-24(22)25)43-31(47)19(3)39-32(48)26(40-34(50)29(37)20(4)45)14-21-10-12-23(46)13-11-21/h6-13,16,18-20,26-30,38,44-46H,5,14-15,17,37H2,1-4H3,(H,39,48)(H,40,50)(H,41,49)(H,42,51)(H,43,47)(H,52,53)/t18-,19-,20+,26-,27-,28-,29-,30-/m0/s1. The Morgan fingerprint density at radius 1 is 0.755 bits per heavy atom. The first kappa shape index (κ1) is 41.9. The molecule has 0 aliphatic rings. The summed E-state index contributed by atoms with van der Waals surface area (Å²) < 4.78 is 0. The molecule has 0 unspecified atom stereocenters. The number of nitrogens with two attached hydrogens (primary N) is 1. The highest BCUT2D eigenvalue weighted by molar-refractivity contribution is 5.96. The van der Waals surface area contributed by atoms with E-state index in [-0.39, 0.29) is 18.6 Å². The van der Waals surface area contributed by atoms with Crippen LogP contribution in [0.1, 0.15) is 45.2 Å². The van der Waals surface area contributed by atoms with Gasteiger partial charge in [0.1, 0.15) is 42.0 Å². The summed E-state index contributed by atoms with van der Waals surface area (Å²) in [5.74, 6) is -6.03. The van der Waals surface area contributed by atoms with E-state index in [9.17, 15) is 49.2 Å². The van der Waals surface area contributed by atoms with Crippen LogP contribution < -0.4 is 32.3 Å². The lowest BCUT2D eigenvalue weighted by Gasteiger charge is -2.28. The predicted octanol–water partition coefficient (Wildman–Crippen LogP) is -1.07. The predicted molar refractivity (Wildman–Crippen MR) is 193 cm³/mol. The fourth-order valence-electron chi connectivity index (χ4n) is 5.37. The van der Waals surface area contributed by atoms with E-state index in [0.29, 0.717) is 17.5 Å². The number of carboxylic acids is 1. The summed E-state index contributed by atoms with van der Waals surface area (Å²) in [6.07, 6.45) is 0.664. The molecule has 0 aliphatic carbocycles.